The van der Waals surface area contributed by atoms with Crippen LogP contribution in [0.25, 0.3) is 0 Å². The van der Waals surface area contributed by atoms with Crippen LogP contribution in [-0.4, -0.2) is 60.5 Å². The van der Waals surface area contributed by atoms with Gasteiger partial charge in [-0.3, -0.25) is 9.69 Å². The molecule has 112 valence electrons. The van der Waals surface area contributed by atoms with E-state index >= 15 is 0 Å². The van der Waals surface area contributed by atoms with E-state index in [4.69, 9.17) is 0 Å². The summed E-state index contributed by atoms with van der Waals surface area (Å²) in [6.45, 7) is 11.4. The van der Waals surface area contributed by atoms with Crippen LogP contribution in [0.5, 0.6) is 0 Å². The first kappa shape index (κ1) is 15.3. The zero-order valence-corrected chi connectivity index (χ0v) is 12.4. The van der Waals surface area contributed by atoms with Crippen molar-refractivity contribution in [1.82, 2.24) is 15.1 Å². The predicted molar refractivity (Wildman–Crippen MR) is 82.6 cm³/mol. The molecule has 4 heteroatoms. The molecule has 0 aromatic rings. The largest absolute Gasteiger partial charge is 0.334 e. The molecule has 2 saturated heterocycles. The average molecular weight is 277 g/mol. The number of hydrogen-bond acceptors (Lipinski definition) is 3. The van der Waals surface area contributed by atoms with E-state index in [9.17, 15) is 4.79 Å². The Morgan fingerprint density at radius 3 is 2.60 bits per heavy atom. The van der Waals surface area contributed by atoms with Crippen LogP contribution in [0.4, 0.5) is 0 Å². The molecule has 2 atom stereocenters. The summed E-state index contributed by atoms with van der Waals surface area (Å²) in [6.07, 6.45) is 8.50. The molecule has 4 nitrogen and oxygen atoms in total. The van der Waals surface area contributed by atoms with Gasteiger partial charge in [0.15, 0.2) is 0 Å². The van der Waals surface area contributed by atoms with Crippen molar-refractivity contribution >= 4 is 5.91 Å². The highest BCUT2D eigenvalue weighted by Crippen LogP contribution is 2.24. The average Bonchev–Trinajstić information content (AvgIpc) is 3.08. The van der Waals surface area contributed by atoms with E-state index < -0.39 is 0 Å². The molecule has 0 spiro atoms. The maximum atomic E-state index is 12.4. The molecule has 2 unspecified atom stereocenters. The van der Waals surface area contributed by atoms with E-state index in [0.717, 1.165) is 13.1 Å². The molecule has 0 aromatic heterocycles. The van der Waals surface area contributed by atoms with Crippen LogP contribution in [0.2, 0.25) is 0 Å². The summed E-state index contributed by atoms with van der Waals surface area (Å²) in [6, 6.07) is 1.12. The quantitative estimate of drug-likeness (QED) is 0.715. The molecule has 2 fully saturated rings. The Balaban J connectivity index is 1.91. The Labute approximate surface area is 122 Å². The zero-order valence-electron chi connectivity index (χ0n) is 12.4. The number of amides is 1. The molecule has 1 N–H and O–H groups in total. The molecule has 0 bridgehead atoms. The van der Waals surface area contributed by atoms with Gasteiger partial charge >= 0.3 is 0 Å². The number of nitrogens with zero attached hydrogens (tertiary/aromatic N) is 2. The third-order valence-electron chi connectivity index (χ3n) is 4.37. The van der Waals surface area contributed by atoms with E-state index in [1.807, 2.05) is 4.90 Å². The third kappa shape index (κ3) is 3.70. The lowest BCUT2D eigenvalue weighted by Crippen LogP contribution is -2.48. The first-order valence-electron chi connectivity index (χ1n) is 7.73. The van der Waals surface area contributed by atoms with Gasteiger partial charge in [-0.2, -0.15) is 0 Å². The van der Waals surface area contributed by atoms with E-state index in [1.165, 1.54) is 25.7 Å². The van der Waals surface area contributed by atoms with Gasteiger partial charge in [0.1, 0.15) is 0 Å². The highest BCUT2D eigenvalue weighted by molar-refractivity contribution is 5.78. The molecule has 2 heterocycles. The van der Waals surface area contributed by atoms with Crippen LogP contribution in [0.3, 0.4) is 0 Å². The van der Waals surface area contributed by atoms with Crippen molar-refractivity contribution in [2.75, 3.05) is 32.7 Å². The maximum Gasteiger partial charge on any atom is 0.237 e. The van der Waals surface area contributed by atoms with Crippen LogP contribution >= 0.6 is 0 Å². The van der Waals surface area contributed by atoms with E-state index in [1.54, 1.807) is 12.2 Å². The SMILES string of the molecule is C=CCN(CC=C)C(=O)CN1CCCC1C1CCCN1. The molecule has 0 aromatic carbocycles. The van der Waals surface area contributed by atoms with Gasteiger partial charge in [0.2, 0.25) is 5.91 Å². The van der Waals surface area contributed by atoms with Crippen molar-refractivity contribution < 1.29 is 4.79 Å². The summed E-state index contributed by atoms with van der Waals surface area (Å²) >= 11 is 0. The van der Waals surface area contributed by atoms with Crippen LogP contribution in [0, 0.1) is 0 Å². The minimum absolute atomic E-state index is 0.190. The van der Waals surface area contributed by atoms with Crippen molar-refractivity contribution in [2.24, 2.45) is 0 Å². The number of likely N-dealkylation sites (tertiary alicyclic amines) is 1. The van der Waals surface area contributed by atoms with Gasteiger partial charge in [-0.05, 0) is 38.8 Å². The fourth-order valence-corrected chi connectivity index (χ4v) is 3.41. The molecular formula is C16H27N3O. The van der Waals surface area contributed by atoms with Crippen LogP contribution < -0.4 is 5.32 Å². The monoisotopic (exact) mass is 277 g/mol. The molecule has 2 aliphatic heterocycles. The Morgan fingerprint density at radius 1 is 1.25 bits per heavy atom. The fraction of sp³-hybridized carbons (Fsp3) is 0.688. The van der Waals surface area contributed by atoms with Gasteiger partial charge in [-0.1, -0.05) is 12.2 Å². The normalized spacial score (nSPS) is 26.6. The van der Waals surface area contributed by atoms with Crippen molar-refractivity contribution in [3.63, 3.8) is 0 Å². The topological polar surface area (TPSA) is 35.6 Å². The van der Waals surface area contributed by atoms with Crippen molar-refractivity contribution in [2.45, 2.75) is 37.8 Å². The number of hydrogen-bond donors (Lipinski definition) is 1. The zero-order chi connectivity index (χ0) is 14.4. The first-order valence-corrected chi connectivity index (χ1v) is 7.73. The second-order valence-corrected chi connectivity index (χ2v) is 5.76. The van der Waals surface area contributed by atoms with Crippen molar-refractivity contribution in [3.8, 4) is 0 Å². The lowest BCUT2D eigenvalue weighted by Gasteiger charge is -2.31. The lowest BCUT2D eigenvalue weighted by atomic mass is 10.0. The molecule has 20 heavy (non-hydrogen) atoms. The molecule has 2 rings (SSSR count). The van der Waals surface area contributed by atoms with Gasteiger partial charge in [0.25, 0.3) is 0 Å². The minimum Gasteiger partial charge on any atom is -0.334 e. The van der Waals surface area contributed by atoms with E-state index in [-0.39, 0.29) is 5.91 Å². The van der Waals surface area contributed by atoms with Gasteiger partial charge in [0.05, 0.1) is 6.54 Å². The van der Waals surface area contributed by atoms with E-state index in [2.05, 4.69) is 23.4 Å². The van der Waals surface area contributed by atoms with Crippen molar-refractivity contribution in [1.29, 1.82) is 0 Å². The summed E-state index contributed by atoms with van der Waals surface area (Å²) in [5.41, 5.74) is 0. The first-order chi connectivity index (χ1) is 9.76. The number of rotatable bonds is 7. The smallest absolute Gasteiger partial charge is 0.237 e. The highest BCUT2D eigenvalue weighted by atomic mass is 16.2. The van der Waals surface area contributed by atoms with Crippen LogP contribution in [0.15, 0.2) is 25.3 Å². The lowest BCUT2D eigenvalue weighted by molar-refractivity contribution is -0.131. The van der Waals surface area contributed by atoms with Crippen LogP contribution in [0.1, 0.15) is 25.7 Å². The van der Waals surface area contributed by atoms with Crippen molar-refractivity contribution in [3.05, 3.63) is 25.3 Å². The molecule has 0 saturated carbocycles. The maximum absolute atomic E-state index is 12.4. The van der Waals surface area contributed by atoms with Gasteiger partial charge in [-0.15, -0.1) is 13.2 Å². The standard InChI is InChI=1S/C16H27N3O/c1-3-10-18(11-4-2)16(20)13-19-12-6-8-15(19)14-7-5-9-17-14/h3-4,14-15,17H,1-2,5-13H2. The highest BCUT2D eigenvalue weighted by Gasteiger charge is 2.34. The number of carbonyl (C=O) groups is 1. The third-order valence-corrected chi connectivity index (χ3v) is 4.37. The number of carbonyl (C=O) groups excluding carboxylic acids is 1. The molecule has 0 radical (unpaired) electrons. The summed E-state index contributed by atoms with van der Waals surface area (Å²) in [4.78, 5) is 16.6. The van der Waals surface area contributed by atoms with Gasteiger partial charge in [-0.25, -0.2) is 0 Å². The van der Waals surface area contributed by atoms with Gasteiger partial charge in [0, 0.05) is 25.2 Å². The second kappa shape index (κ2) is 7.60. The predicted octanol–water partition coefficient (Wildman–Crippen LogP) is 1.40. The summed E-state index contributed by atoms with van der Waals surface area (Å²) < 4.78 is 0. The summed E-state index contributed by atoms with van der Waals surface area (Å²) in [5.74, 6) is 0.190. The molecule has 1 amide bonds. The fourth-order valence-electron chi connectivity index (χ4n) is 3.41. The summed E-state index contributed by atoms with van der Waals surface area (Å²) in [5, 5.41) is 3.58. The Hall–Kier alpha value is -1.13. The summed E-state index contributed by atoms with van der Waals surface area (Å²) in [7, 11) is 0. The molecule has 0 aliphatic carbocycles. The molecular weight excluding hydrogens is 250 g/mol. The minimum atomic E-state index is 0.190. The molecule has 2 aliphatic rings. The Bertz CT molecular complexity index is 340. The Kier molecular flexibility index (Phi) is 5.80. The second-order valence-electron chi connectivity index (χ2n) is 5.76. The van der Waals surface area contributed by atoms with Crippen LogP contribution in [-0.2, 0) is 4.79 Å². The van der Waals surface area contributed by atoms with E-state index in [0.29, 0.717) is 31.7 Å². The van der Waals surface area contributed by atoms with Gasteiger partial charge < -0.3 is 10.2 Å². The Morgan fingerprint density at radius 2 is 2.00 bits per heavy atom. The number of nitrogens with one attached hydrogen (secondary N) is 1.